The zero-order valence-corrected chi connectivity index (χ0v) is 9.52. The fraction of sp³-hybridized carbons (Fsp3) is 0.500. The number of likely N-dealkylation sites (tertiary alicyclic amines) is 1. The summed E-state index contributed by atoms with van der Waals surface area (Å²) in [7, 11) is 0. The predicted octanol–water partition coefficient (Wildman–Crippen LogP) is 2.00. The summed E-state index contributed by atoms with van der Waals surface area (Å²) in [5.74, 6) is 0. The molecule has 2 heterocycles. The third kappa shape index (κ3) is 2.15. The highest BCUT2D eigenvalue weighted by molar-refractivity contribution is 5.72. The molecule has 1 aliphatic rings. The van der Waals surface area contributed by atoms with Gasteiger partial charge in [0.05, 0.1) is 6.04 Å². The molecule has 1 fully saturated rings. The van der Waals surface area contributed by atoms with Gasteiger partial charge in [-0.25, -0.2) is 4.79 Å². The van der Waals surface area contributed by atoms with Crippen molar-refractivity contribution >= 4 is 6.03 Å². The van der Waals surface area contributed by atoms with Gasteiger partial charge in [-0.05, 0) is 43.9 Å². The van der Waals surface area contributed by atoms with E-state index in [0.717, 1.165) is 37.1 Å². The highest BCUT2D eigenvalue weighted by Gasteiger charge is 2.26. The van der Waals surface area contributed by atoms with E-state index < -0.39 is 0 Å². The predicted molar refractivity (Wildman–Crippen MR) is 61.9 cm³/mol. The molecular weight excluding hydrogens is 202 g/mol. The number of rotatable bonds is 1. The van der Waals surface area contributed by atoms with Crippen molar-refractivity contribution in [1.29, 1.82) is 0 Å². The number of carbonyl (C=O) groups excluding carboxylic acids is 1. The highest BCUT2D eigenvalue weighted by atomic mass is 16.2. The van der Waals surface area contributed by atoms with Gasteiger partial charge in [-0.1, -0.05) is 0 Å². The van der Waals surface area contributed by atoms with Crippen LogP contribution in [0.4, 0.5) is 4.79 Å². The van der Waals surface area contributed by atoms with Crippen molar-refractivity contribution in [2.24, 2.45) is 5.73 Å². The van der Waals surface area contributed by atoms with Crippen LogP contribution in [0.3, 0.4) is 0 Å². The Morgan fingerprint density at radius 2 is 2.38 bits per heavy atom. The Bertz CT molecular complexity index is 392. The Morgan fingerprint density at radius 1 is 1.56 bits per heavy atom. The Morgan fingerprint density at radius 3 is 3.06 bits per heavy atom. The van der Waals surface area contributed by atoms with Gasteiger partial charge in [-0.3, -0.25) is 4.98 Å². The molecule has 1 atom stereocenters. The summed E-state index contributed by atoms with van der Waals surface area (Å²) in [4.78, 5) is 17.3. The van der Waals surface area contributed by atoms with Crippen LogP contribution in [0.5, 0.6) is 0 Å². The number of pyridine rings is 1. The molecule has 1 aromatic rings. The zero-order valence-electron chi connectivity index (χ0n) is 9.52. The molecular formula is C12H17N3O. The first-order valence-electron chi connectivity index (χ1n) is 5.67. The Hall–Kier alpha value is -1.58. The van der Waals surface area contributed by atoms with Crippen molar-refractivity contribution in [3.63, 3.8) is 0 Å². The van der Waals surface area contributed by atoms with E-state index in [1.807, 2.05) is 19.1 Å². The normalized spacial score (nSPS) is 20.8. The minimum atomic E-state index is -0.320. The van der Waals surface area contributed by atoms with Crippen LogP contribution < -0.4 is 5.73 Å². The third-order valence-corrected chi connectivity index (χ3v) is 3.09. The van der Waals surface area contributed by atoms with Gasteiger partial charge in [0.2, 0.25) is 0 Å². The van der Waals surface area contributed by atoms with E-state index in [0.29, 0.717) is 0 Å². The molecule has 1 aliphatic heterocycles. The van der Waals surface area contributed by atoms with Crippen LogP contribution in [0.1, 0.15) is 36.6 Å². The number of hydrogen-bond acceptors (Lipinski definition) is 2. The lowest BCUT2D eigenvalue weighted by atomic mass is 9.96. The SMILES string of the molecule is Cc1cc(C2CCCCN2C(N)=O)ccn1. The molecule has 0 saturated carbocycles. The second-order valence-electron chi connectivity index (χ2n) is 4.27. The lowest BCUT2D eigenvalue weighted by Gasteiger charge is -2.34. The van der Waals surface area contributed by atoms with Gasteiger partial charge in [0, 0.05) is 18.4 Å². The summed E-state index contributed by atoms with van der Waals surface area (Å²) in [6.45, 7) is 2.72. The molecule has 4 nitrogen and oxygen atoms in total. The fourth-order valence-corrected chi connectivity index (χ4v) is 2.32. The van der Waals surface area contributed by atoms with E-state index in [1.165, 1.54) is 0 Å². The average molecular weight is 219 g/mol. The van der Waals surface area contributed by atoms with Gasteiger partial charge < -0.3 is 10.6 Å². The number of aromatic nitrogens is 1. The van der Waals surface area contributed by atoms with Crippen LogP contribution in [0.2, 0.25) is 0 Å². The Labute approximate surface area is 95.5 Å². The molecule has 0 aliphatic carbocycles. The number of amides is 2. The first-order valence-corrected chi connectivity index (χ1v) is 5.67. The maximum atomic E-state index is 11.4. The first kappa shape index (κ1) is 10.9. The standard InChI is InChI=1S/C12H17N3O/c1-9-8-10(5-6-14-9)11-4-2-3-7-15(11)12(13)16/h5-6,8,11H,2-4,7H2,1H3,(H2,13,16). The van der Waals surface area contributed by atoms with Gasteiger partial charge >= 0.3 is 6.03 Å². The van der Waals surface area contributed by atoms with Crippen LogP contribution in [0.15, 0.2) is 18.3 Å². The van der Waals surface area contributed by atoms with Crippen molar-refractivity contribution in [3.05, 3.63) is 29.6 Å². The molecule has 1 aromatic heterocycles. The maximum absolute atomic E-state index is 11.4. The van der Waals surface area contributed by atoms with Crippen LogP contribution >= 0.6 is 0 Å². The summed E-state index contributed by atoms with van der Waals surface area (Å²) >= 11 is 0. The van der Waals surface area contributed by atoms with Crippen LogP contribution in [0.25, 0.3) is 0 Å². The Kier molecular flexibility index (Phi) is 3.08. The van der Waals surface area contributed by atoms with Crippen LogP contribution in [0, 0.1) is 6.92 Å². The second-order valence-corrected chi connectivity index (χ2v) is 4.27. The van der Waals surface area contributed by atoms with Gasteiger partial charge in [0.25, 0.3) is 0 Å². The highest BCUT2D eigenvalue weighted by Crippen LogP contribution is 2.30. The second kappa shape index (κ2) is 4.51. The quantitative estimate of drug-likeness (QED) is 0.785. The fourth-order valence-electron chi connectivity index (χ4n) is 2.32. The monoisotopic (exact) mass is 219 g/mol. The average Bonchev–Trinajstić information content (AvgIpc) is 2.29. The van der Waals surface area contributed by atoms with Gasteiger partial charge in [-0.2, -0.15) is 0 Å². The molecule has 1 unspecified atom stereocenters. The molecule has 2 amide bonds. The van der Waals surface area contributed by atoms with Crippen molar-refractivity contribution in [1.82, 2.24) is 9.88 Å². The number of hydrogen-bond donors (Lipinski definition) is 1. The number of aryl methyl sites for hydroxylation is 1. The molecule has 86 valence electrons. The number of primary amides is 1. The molecule has 2 N–H and O–H groups in total. The molecule has 2 rings (SSSR count). The number of carbonyl (C=O) groups is 1. The number of nitrogens with two attached hydrogens (primary N) is 1. The summed E-state index contributed by atoms with van der Waals surface area (Å²) in [6.07, 6.45) is 4.98. The van der Waals surface area contributed by atoms with E-state index in [2.05, 4.69) is 4.98 Å². The van der Waals surface area contributed by atoms with E-state index in [-0.39, 0.29) is 12.1 Å². The largest absolute Gasteiger partial charge is 0.351 e. The summed E-state index contributed by atoms with van der Waals surface area (Å²) in [6, 6.07) is 3.82. The van der Waals surface area contributed by atoms with Crippen LogP contribution in [-0.4, -0.2) is 22.5 Å². The topological polar surface area (TPSA) is 59.2 Å². The van der Waals surface area contributed by atoms with Crippen molar-refractivity contribution in [2.75, 3.05) is 6.54 Å². The molecule has 0 bridgehead atoms. The smallest absolute Gasteiger partial charge is 0.315 e. The molecule has 4 heteroatoms. The molecule has 0 aromatic carbocycles. The first-order chi connectivity index (χ1) is 7.68. The molecule has 16 heavy (non-hydrogen) atoms. The van der Waals surface area contributed by atoms with Crippen LogP contribution in [-0.2, 0) is 0 Å². The summed E-state index contributed by atoms with van der Waals surface area (Å²) < 4.78 is 0. The lowest BCUT2D eigenvalue weighted by Crippen LogP contribution is -2.41. The molecule has 0 radical (unpaired) electrons. The Balaban J connectivity index is 2.26. The minimum Gasteiger partial charge on any atom is -0.351 e. The number of nitrogens with zero attached hydrogens (tertiary/aromatic N) is 2. The number of urea groups is 1. The van der Waals surface area contributed by atoms with Gasteiger partial charge in [-0.15, -0.1) is 0 Å². The van der Waals surface area contributed by atoms with Crippen molar-refractivity contribution in [2.45, 2.75) is 32.2 Å². The van der Waals surface area contributed by atoms with Gasteiger partial charge in [0.1, 0.15) is 0 Å². The molecule has 0 spiro atoms. The van der Waals surface area contributed by atoms with E-state index in [9.17, 15) is 4.79 Å². The maximum Gasteiger partial charge on any atom is 0.315 e. The van der Waals surface area contributed by atoms with E-state index in [1.54, 1.807) is 11.1 Å². The summed E-state index contributed by atoms with van der Waals surface area (Å²) in [5, 5.41) is 0. The third-order valence-electron chi connectivity index (χ3n) is 3.09. The lowest BCUT2D eigenvalue weighted by molar-refractivity contribution is 0.160. The molecule has 1 saturated heterocycles. The van der Waals surface area contributed by atoms with E-state index in [4.69, 9.17) is 5.73 Å². The number of piperidine rings is 1. The summed E-state index contributed by atoms with van der Waals surface area (Å²) in [5.41, 5.74) is 7.53. The minimum absolute atomic E-state index is 0.132. The van der Waals surface area contributed by atoms with Gasteiger partial charge in [0.15, 0.2) is 0 Å². The van der Waals surface area contributed by atoms with Crippen molar-refractivity contribution in [3.8, 4) is 0 Å². The van der Waals surface area contributed by atoms with E-state index >= 15 is 0 Å². The zero-order chi connectivity index (χ0) is 11.5. The van der Waals surface area contributed by atoms with Crippen molar-refractivity contribution < 1.29 is 4.79 Å².